The van der Waals surface area contributed by atoms with Crippen LogP contribution in [-0.2, 0) is 4.79 Å². The maximum atomic E-state index is 12.9. The van der Waals surface area contributed by atoms with Crippen LogP contribution in [0, 0.1) is 0 Å². The summed E-state index contributed by atoms with van der Waals surface area (Å²) in [6.07, 6.45) is 3.67. The van der Waals surface area contributed by atoms with Gasteiger partial charge >= 0.3 is 0 Å². The first-order chi connectivity index (χ1) is 14.2. The summed E-state index contributed by atoms with van der Waals surface area (Å²) in [7, 11) is 1.58. The predicted molar refractivity (Wildman–Crippen MR) is 109 cm³/mol. The smallest absolute Gasteiger partial charge is 0.255 e. The van der Waals surface area contributed by atoms with Gasteiger partial charge in [-0.3, -0.25) is 9.59 Å². The molecule has 0 saturated heterocycles. The molecule has 1 heterocycles. The van der Waals surface area contributed by atoms with E-state index < -0.39 is 0 Å². The first-order valence-corrected chi connectivity index (χ1v) is 9.52. The average molecular weight is 390 g/mol. The van der Waals surface area contributed by atoms with Gasteiger partial charge in [0.1, 0.15) is 11.4 Å². The van der Waals surface area contributed by atoms with Crippen molar-refractivity contribution in [3.05, 3.63) is 66.4 Å². The van der Waals surface area contributed by atoms with E-state index in [1.54, 1.807) is 18.0 Å². The Balaban J connectivity index is 1.66. The van der Waals surface area contributed by atoms with Gasteiger partial charge in [-0.1, -0.05) is 30.3 Å². The zero-order valence-electron chi connectivity index (χ0n) is 16.1. The normalized spacial score (nSPS) is 13.0. The van der Waals surface area contributed by atoms with Gasteiger partial charge in [-0.2, -0.15) is 5.10 Å². The molecule has 2 amide bonds. The molecule has 0 radical (unpaired) electrons. The summed E-state index contributed by atoms with van der Waals surface area (Å²) < 4.78 is 7.11. The molecule has 3 aromatic rings. The highest BCUT2D eigenvalue weighted by Gasteiger charge is 2.24. The fourth-order valence-corrected chi connectivity index (χ4v) is 3.05. The summed E-state index contributed by atoms with van der Waals surface area (Å²) in [4.78, 5) is 24.8. The molecule has 1 aromatic heterocycles. The van der Waals surface area contributed by atoms with E-state index in [4.69, 9.17) is 4.74 Å². The van der Waals surface area contributed by atoms with Crippen LogP contribution in [0.1, 0.15) is 23.2 Å². The summed E-state index contributed by atoms with van der Waals surface area (Å²) in [5, 5.41) is 10.2. The molecule has 0 unspecified atom stereocenters. The van der Waals surface area contributed by atoms with Crippen LogP contribution < -0.4 is 15.4 Å². The van der Waals surface area contributed by atoms with E-state index in [9.17, 15) is 9.59 Å². The number of benzene rings is 2. The number of ether oxygens (including phenoxy) is 1. The number of methoxy groups -OCH3 is 1. The van der Waals surface area contributed by atoms with Crippen molar-refractivity contribution in [2.45, 2.75) is 18.9 Å². The molecular formula is C22H22N4O3. The van der Waals surface area contributed by atoms with E-state index in [0.717, 1.165) is 18.5 Å². The first kappa shape index (κ1) is 18.7. The molecule has 2 aromatic carbocycles. The van der Waals surface area contributed by atoms with Crippen LogP contribution in [0.4, 0.5) is 0 Å². The third-order valence-electron chi connectivity index (χ3n) is 4.69. The van der Waals surface area contributed by atoms with E-state index in [0.29, 0.717) is 22.6 Å². The molecule has 0 bridgehead atoms. The van der Waals surface area contributed by atoms with Gasteiger partial charge in [-0.25, -0.2) is 4.68 Å². The molecular weight excluding hydrogens is 368 g/mol. The summed E-state index contributed by atoms with van der Waals surface area (Å²) in [5.41, 5.74) is 2.40. The molecule has 0 spiro atoms. The van der Waals surface area contributed by atoms with E-state index in [1.165, 1.54) is 0 Å². The summed E-state index contributed by atoms with van der Waals surface area (Å²) in [6.45, 7) is -0.0722. The lowest BCUT2D eigenvalue weighted by Crippen LogP contribution is -2.37. The SMILES string of the molecule is COc1ccccc1-c1nn(-c2ccccc2)cc1C(=O)NCC(=O)NC1CC1. The Bertz CT molecular complexity index is 1030. The standard InChI is InChI=1S/C22H22N4O3/c1-29-19-10-6-5-9-17(19)21-18(14-26(25-21)16-7-3-2-4-8-16)22(28)23-13-20(27)24-15-11-12-15/h2-10,14-15H,11-13H2,1H3,(H,23,28)(H,24,27). The maximum Gasteiger partial charge on any atom is 0.255 e. The van der Waals surface area contributed by atoms with E-state index in [-0.39, 0.29) is 24.4 Å². The van der Waals surface area contributed by atoms with Crippen LogP contribution in [0.15, 0.2) is 60.8 Å². The van der Waals surface area contributed by atoms with Gasteiger partial charge in [0.25, 0.3) is 5.91 Å². The zero-order valence-corrected chi connectivity index (χ0v) is 16.1. The van der Waals surface area contributed by atoms with Crippen molar-refractivity contribution in [2.75, 3.05) is 13.7 Å². The number of carbonyl (C=O) groups excluding carboxylic acids is 2. The van der Waals surface area contributed by atoms with E-state index >= 15 is 0 Å². The Morgan fingerprint density at radius 2 is 1.83 bits per heavy atom. The van der Waals surface area contributed by atoms with Gasteiger partial charge in [0.05, 0.1) is 24.9 Å². The largest absolute Gasteiger partial charge is 0.496 e. The van der Waals surface area contributed by atoms with Crippen molar-refractivity contribution in [1.29, 1.82) is 0 Å². The fourth-order valence-electron chi connectivity index (χ4n) is 3.05. The Kier molecular flexibility index (Phi) is 5.29. The molecule has 148 valence electrons. The van der Waals surface area contributed by atoms with Crippen molar-refractivity contribution in [2.24, 2.45) is 0 Å². The number of aromatic nitrogens is 2. The van der Waals surface area contributed by atoms with E-state index in [2.05, 4.69) is 15.7 Å². The quantitative estimate of drug-likeness (QED) is 0.649. The minimum Gasteiger partial charge on any atom is -0.496 e. The Hall–Kier alpha value is -3.61. The van der Waals surface area contributed by atoms with Gasteiger partial charge in [-0.15, -0.1) is 0 Å². The second-order valence-electron chi connectivity index (χ2n) is 6.90. The maximum absolute atomic E-state index is 12.9. The molecule has 1 fully saturated rings. The fraction of sp³-hybridized carbons (Fsp3) is 0.227. The number of hydrogen-bond acceptors (Lipinski definition) is 4. The van der Waals surface area contributed by atoms with Crippen molar-refractivity contribution >= 4 is 11.8 Å². The summed E-state index contributed by atoms with van der Waals surface area (Å²) >= 11 is 0. The van der Waals surface area contributed by atoms with Crippen molar-refractivity contribution in [1.82, 2.24) is 20.4 Å². The van der Waals surface area contributed by atoms with Crippen molar-refractivity contribution in [3.63, 3.8) is 0 Å². The zero-order chi connectivity index (χ0) is 20.2. The average Bonchev–Trinajstić information content (AvgIpc) is 3.46. The molecule has 1 aliphatic carbocycles. The number of rotatable bonds is 7. The molecule has 7 heteroatoms. The topological polar surface area (TPSA) is 85.2 Å². The third kappa shape index (κ3) is 4.29. The monoisotopic (exact) mass is 390 g/mol. The van der Waals surface area contributed by atoms with E-state index in [1.807, 2.05) is 54.6 Å². The summed E-state index contributed by atoms with van der Waals surface area (Å²) in [6, 6.07) is 17.2. The number of nitrogens with zero attached hydrogens (tertiary/aromatic N) is 2. The molecule has 0 atom stereocenters. The van der Waals surface area contributed by atoms with Gasteiger partial charge in [-0.05, 0) is 37.1 Å². The second-order valence-corrected chi connectivity index (χ2v) is 6.90. The molecule has 1 saturated carbocycles. The molecule has 7 nitrogen and oxygen atoms in total. The number of nitrogens with one attached hydrogen (secondary N) is 2. The molecule has 2 N–H and O–H groups in total. The van der Waals surface area contributed by atoms with Crippen LogP contribution in [-0.4, -0.2) is 41.3 Å². The van der Waals surface area contributed by atoms with Crippen LogP contribution in [0.5, 0.6) is 5.75 Å². The van der Waals surface area contributed by atoms with Crippen molar-refractivity contribution in [3.8, 4) is 22.7 Å². The van der Waals surface area contributed by atoms with Crippen molar-refractivity contribution < 1.29 is 14.3 Å². The van der Waals surface area contributed by atoms with Gasteiger partial charge in [0, 0.05) is 17.8 Å². The van der Waals surface area contributed by atoms with Gasteiger partial charge in [0.2, 0.25) is 5.91 Å². The number of hydrogen-bond donors (Lipinski definition) is 2. The lowest BCUT2D eigenvalue weighted by atomic mass is 10.1. The summed E-state index contributed by atoms with van der Waals surface area (Å²) in [5.74, 6) is 0.0699. The first-order valence-electron chi connectivity index (χ1n) is 9.52. The highest BCUT2D eigenvalue weighted by atomic mass is 16.5. The Labute approximate surface area is 168 Å². The lowest BCUT2D eigenvalue weighted by Gasteiger charge is -2.08. The minimum atomic E-state index is -0.362. The Morgan fingerprint density at radius 3 is 2.55 bits per heavy atom. The van der Waals surface area contributed by atoms with Crippen LogP contribution in [0.2, 0.25) is 0 Å². The Morgan fingerprint density at radius 1 is 1.10 bits per heavy atom. The minimum absolute atomic E-state index is 0.0722. The highest BCUT2D eigenvalue weighted by molar-refractivity contribution is 6.02. The van der Waals surface area contributed by atoms with Gasteiger partial charge in [0.15, 0.2) is 0 Å². The van der Waals surface area contributed by atoms with Crippen LogP contribution >= 0.6 is 0 Å². The molecule has 29 heavy (non-hydrogen) atoms. The van der Waals surface area contributed by atoms with Crippen LogP contribution in [0.3, 0.4) is 0 Å². The molecule has 4 rings (SSSR count). The van der Waals surface area contributed by atoms with Gasteiger partial charge < -0.3 is 15.4 Å². The molecule has 1 aliphatic rings. The third-order valence-corrected chi connectivity index (χ3v) is 4.69. The molecule has 0 aliphatic heterocycles. The number of para-hydroxylation sites is 2. The number of carbonyl (C=O) groups is 2. The second kappa shape index (κ2) is 8.18. The highest BCUT2D eigenvalue weighted by Crippen LogP contribution is 2.31. The number of amides is 2. The predicted octanol–water partition coefficient (Wildman–Crippen LogP) is 2.56. The van der Waals surface area contributed by atoms with Crippen LogP contribution in [0.25, 0.3) is 16.9 Å². The lowest BCUT2D eigenvalue weighted by molar-refractivity contribution is -0.120.